The second kappa shape index (κ2) is 9.12. The summed E-state index contributed by atoms with van der Waals surface area (Å²) in [5.74, 6) is 0.290. The van der Waals surface area contributed by atoms with Crippen LogP contribution in [-0.2, 0) is 25.0 Å². The number of halogens is 7. The van der Waals surface area contributed by atoms with E-state index in [9.17, 15) is 26.3 Å². The van der Waals surface area contributed by atoms with Gasteiger partial charge in [-0.3, -0.25) is 0 Å². The van der Waals surface area contributed by atoms with E-state index in [0.29, 0.717) is 0 Å². The summed E-state index contributed by atoms with van der Waals surface area (Å²) in [5, 5.41) is 7.91. The van der Waals surface area contributed by atoms with Crippen molar-refractivity contribution in [2.24, 2.45) is 7.05 Å². The quantitative estimate of drug-likeness (QED) is 0.392. The fraction of sp³-hybridized carbons (Fsp3) is 0.333. The van der Waals surface area contributed by atoms with Gasteiger partial charge in [-0.15, -0.1) is 22.6 Å². The summed E-state index contributed by atoms with van der Waals surface area (Å²) in [7, 11) is 2.74. The molecule has 0 aliphatic rings. The lowest BCUT2D eigenvalue weighted by atomic mass is 10.1. The van der Waals surface area contributed by atoms with Crippen molar-refractivity contribution in [3.8, 4) is 22.9 Å². The van der Waals surface area contributed by atoms with Crippen LogP contribution < -0.4 is 9.47 Å². The molecular weight excluding hydrogens is 476 g/mol. The van der Waals surface area contributed by atoms with Crippen LogP contribution in [0.15, 0.2) is 42.5 Å². The molecule has 0 unspecified atom stereocenters. The van der Waals surface area contributed by atoms with Crippen molar-refractivity contribution in [3.63, 3.8) is 0 Å². The normalized spacial score (nSPS) is 12.3. The number of methoxy groups -OCH3 is 1. The molecule has 0 aliphatic heterocycles. The minimum absolute atomic E-state index is 0. The maximum atomic E-state index is 13.6. The summed E-state index contributed by atoms with van der Waals surface area (Å²) in [6.07, 6.45) is -9.15. The average Bonchev–Trinajstić information content (AvgIpc) is 3.08. The molecule has 1 heterocycles. The maximum Gasteiger partial charge on any atom is 0.417 e. The van der Waals surface area contributed by atoms with Gasteiger partial charge in [0, 0.05) is 12.6 Å². The zero-order valence-electron chi connectivity index (χ0n) is 17.9. The Bertz CT molecular complexity index is 1110. The molecule has 0 saturated heterocycles. The first-order chi connectivity index (χ1) is 14.7. The third-order valence-electron chi connectivity index (χ3n) is 4.74. The van der Waals surface area contributed by atoms with Crippen molar-refractivity contribution in [3.05, 3.63) is 59.4 Å². The third-order valence-corrected chi connectivity index (χ3v) is 4.74. The fourth-order valence-electron chi connectivity index (χ4n) is 3.22. The van der Waals surface area contributed by atoms with Gasteiger partial charge in [-0.05, 0) is 56.3 Å². The molecule has 0 atom stereocenters. The van der Waals surface area contributed by atoms with Gasteiger partial charge in [0.15, 0.2) is 17.2 Å². The number of hydrogen-bond donors (Lipinski definition) is 0. The van der Waals surface area contributed by atoms with Gasteiger partial charge in [0.1, 0.15) is 11.5 Å². The van der Waals surface area contributed by atoms with E-state index < -0.39 is 29.1 Å². The zero-order chi connectivity index (χ0) is 23.9. The van der Waals surface area contributed by atoms with Crippen LogP contribution in [0, 0.1) is 0 Å². The molecule has 12 heteroatoms. The van der Waals surface area contributed by atoms with Gasteiger partial charge >= 0.3 is 12.4 Å². The Balaban J connectivity index is 0.00000385. The molecule has 0 saturated carbocycles. The van der Waals surface area contributed by atoms with Crippen LogP contribution in [0.1, 0.15) is 30.8 Å². The number of ether oxygens (including phenoxy) is 2. The minimum Gasteiger partial charge on any atom is -0.497 e. The van der Waals surface area contributed by atoms with Crippen LogP contribution >= 0.6 is 12.4 Å². The number of nitrogens with zero attached hydrogens (tertiary/aromatic N) is 3. The Labute approximate surface area is 191 Å². The standard InChI is InChI=1S/C21H19F6N3O2.ClH/c1-19(2,32-13-7-5-12(6-8-13)20(22,23)24)18-29-28-17(30(18)3)15-10-9-14(31-4)11-16(15)21(25,26)27;/h5-11H,1-4H3;1H. The highest BCUT2D eigenvalue weighted by Crippen LogP contribution is 2.39. The predicted molar refractivity (Wildman–Crippen MR) is 110 cm³/mol. The van der Waals surface area contributed by atoms with Crippen molar-refractivity contribution in [1.29, 1.82) is 0 Å². The van der Waals surface area contributed by atoms with Gasteiger partial charge in [0.05, 0.1) is 18.2 Å². The van der Waals surface area contributed by atoms with E-state index in [1.165, 1.54) is 30.9 Å². The van der Waals surface area contributed by atoms with Crippen LogP contribution in [0.5, 0.6) is 11.5 Å². The molecule has 3 aromatic rings. The van der Waals surface area contributed by atoms with E-state index in [-0.39, 0.29) is 41.1 Å². The van der Waals surface area contributed by atoms with E-state index in [1.54, 1.807) is 13.8 Å². The molecule has 0 amide bonds. The van der Waals surface area contributed by atoms with Crippen molar-refractivity contribution in [1.82, 2.24) is 14.8 Å². The summed E-state index contributed by atoms with van der Waals surface area (Å²) < 4.78 is 91.1. The minimum atomic E-state index is -4.66. The third kappa shape index (κ3) is 5.52. The lowest BCUT2D eigenvalue weighted by Gasteiger charge is -2.26. The second-order valence-corrected chi connectivity index (χ2v) is 7.45. The Morgan fingerprint density at radius 3 is 1.91 bits per heavy atom. The Kier molecular flexibility index (Phi) is 7.27. The number of aromatic nitrogens is 3. The maximum absolute atomic E-state index is 13.6. The van der Waals surface area contributed by atoms with Crippen LogP contribution in [0.25, 0.3) is 11.4 Å². The summed E-state index contributed by atoms with van der Waals surface area (Å²) in [4.78, 5) is 0. The first kappa shape index (κ1) is 26.3. The van der Waals surface area contributed by atoms with Gasteiger partial charge in [0.2, 0.25) is 0 Å². The summed E-state index contributed by atoms with van der Waals surface area (Å²) in [5.41, 5.74) is -3.20. The lowest BCUT2D eigenvalue weighted by molar-refractivity contribution is -0.138. The average molecular weight is 496 g/mol. The SMILES string of the molecule is COc1ccc(-c2nnc(C(C)(C)Oc3ccc(C(F)(F)F)cc3)n2C)c(C(F)(F)F)c1.Cl. The van der Waals surface area contributed by atoms with Crippen LogP contribution in [0.2, 0.25) is 0 Å². The van der Waals surface area contributed by atoms with Gasteiger partial charge in [0.25, 0.3) is 0 Å². The summed E-state index contributed by atoms with van der Waals surface area (Å²) >= 11 is 0. The van der Waals surface area contributed by atoms with Crippen LogP contribution in [0.3, 0.4) is 0 Å². The van der Waals surface area contributed by atoms with Gasteiger partial charge < -0.3 is 14.0 Å². The Morgan fingerprint density at radius 1 is 0.818 bits per heavy atom. The van der Waals surface area contributed by atoms with Gasteiger partial charge in [-0.25, -0.2) is 0 Å². The fourth-order valence-corrected chi connectivity index (χ4v) is 3.22. The number of benzene rings is 2. The monoisotopic (exact) mass is 495 g/mol. The molecule has 180 valence electrons. The molecule has 0 N–H and O–H groups in total. The predicted octanol–water partition coefficient (Wildman–Crippen LogP) is 6.26. The van der Waals surface area contributed by atoms with E-state index in [2.05, 4.69) is 10.2 Å². The molecule has 2 aromatic carbocycles. The molecule has 5 nitrogen and oxygen atoms in total. The molecule has 0 fully saturated rings. The number of rotatable bonds is 5. The molecule has 0 aliphatic carbocycles. The first-order valence-corrected chi connectivity index (χ1v) is 9.26. The van der Waals surface area contributed by atoms with Crippen LogP contribution in [0.4, 0.5) is 26.3 Å². The summed E-state index contributed by atoms with van der Waals surface area (Å²) in [6.45, 7) is 3.16. The molecule has 0 radical (unpaired) electrons. The highest BCUT2D eigenvalue weighted by atomic mass is 35.5. The Morgan fingerprint density at radius 2 is 1.39 bits per heavy atom. The first-order valence-electron chi connectivity index (χ1n) is 9.26. The molecular formula is C21H20ClF6N3O2. The molecule has 33 heavy (non-hydrogen) atoms. The highest BCUT2D eigenvalue weighted by Gasteiger charge is 2.37. The summed E-state index contributed by atoms with van der Waals surface area (Å²) in [6, 6.07) is 7.55. The molecule has 0 spiro atoms. The number of hydrogen-bond acceptors (Lipinski definition) is 4. The number of alkyl halides is 6. The van der Waals surface area contributed by atoms with Gasteiger partial charge in [-0.1, -0.05) is 0 Å². The van der Waals surface area contributed by atoms with Crippen LogP contribution in [-0.4, -0.2) is 21.9 Å². The largest absolute Gasteiger partial charge is 0.497 e. The van der Waals surface area contributed by atoms with Crippen molar-refractivity contribution in [2.45, 2.75) is 31.8 Å². The topological polar surface area (TPSA) is 49.2 Å². The van der Waals surface area contributed by atoms with Crippen molar-refractivity contribution in [2.75, 3.05) is 7.11 Å². The van der Waals surface area contributed by atoms with E-state index in [0.717, 1.165) is 30.3 Å². The Hall–Kier alpha value is -2.95. The van der Waals surface area contributed by atoms with Crippen molar-refractivity contribution >= 4 is 12.4 Å². The van der Waals surface area contributed by atoms with Crippen molar-refractivity contribution < 1.29 is 35.8 Å². The highest BCUT2D eigenvalue weighted by molar-refractivity contribution is 5.85. The molecule has 1 aromatic heterocycles. The van der Waals surface area contributed by atoms with E-state index >= 15 is 0 Å². The van der Waals surface area contributed by atoms with Gasteiger partial charge in [-0.2, -0.15) is 26.3 Å². The van der Waals surface area contributed by atoms with E-state index in [4.69, 9.17) is 9.47 Å². The van der Waals surface area contributed by atoms with E-state index in [1.807, 2.05) is 0 Å². The zero-order valence-corrected chi connectivity index (χ0v) is 18.7. The molecule has 0 bridgehead atoms. The lowest BCUT2D eigenvalue weighted by Crippen LogP contribution is -2.29. The smallest absolute Gasteiger partial charge is 0.417 e. The molecule has 3 rings (SSSR count). The second-order valence-electron chi connectivity index (χ2n) is 7.45.